The summed E-state index contributed by atoms with van der Waals surface area (Å²) >= 11 is 7.32. The van der Waals surface area contributed by atoms with Crippen molar-refractivity contribution in [3.05, 3.63) is 39.2 Å². The van der Waals surface area contributed by atoms with Gasteiger partial charge in [0.2, 0.25) is 0 Å². The van der Waals surface area contributed by atoms with Gasteiger partial charge in [-0.25, -0.2) is 4.98 Å². The highest BCUT2D eigenvalue weighted by atomic mass is 35.5. The Morgan fingerprint density at radius 1 is 1.20 bits per heavy atom. The van der Waals surface area contributed by atoms with Crippen LogP contribution < -0.4 is 0 Å². The molecule has 2 aromatic rings. The van der Waals surface area contributed by atoms with Crippen LogP contribution in [0, 0.1) is 0 Å². The number of aryl methyl sites for hydroxylation is 2. The van der Waals surface area contributed by atoms with Gasteiger partial charge in [-0.15, -0.1) is 11.3 Å². The van der Waals surface area contributed by atoms with Crippen LogP contribution in [0.4, 0.5) is 0 Å². The number of hydrogen-bond donors (Lipinski definition) is 0. The van der Waals surface area contributed by atoms with E-state index in [0.29, 0.717) is 4.47 Å². The molecule has 0 N–H and O–H groups in total. The summed E-state index contributed by atoms with van der Waals surface area (Å²) in [6.07, 6.45) is 3.73. The van der Waals surface area contributed by atoms with Crippen molar-refractivity contribution in [3.63, 3.8) is 0 Å². The molecule has 1 aliphatic carbocycles. The van der Waals surface area contributed by atoms with Gasteiger partial charge in [-0.05, 0) is 36.5 Å². The summed E-state index contributed by atoms with van der Waals surface area (Å²) < 4.78 is 0.616. The van der Waals surface area contributed by atoms with Gasteiger partial charge >= 0.3 is 0 Å². The Balaban J connectivity index is 2.06. The lowest BCUT2D eigenvalue weighted by molar-refractivity contribution is 0.912. The molecule has 0 amide bonds. The first-order valence-corrected chi connectivity index (χ1v) is 6.32. The van der Waals surface area contributed by atoms with Crippen molar-refractivity contribution in [2.45, 2.75) is 19.3 Å². The Bertz CT molecular complexity index is 504. The first kappa shape index (κ1) is 9.37. The zero-order chi connectivity index (χ0) is 10.3. The minimum absolute atomic E-state index is 0.616. The van der Waals surface area contributed by atoms with E-state index in [1.54, 1.807) is 0 Å². The third-order valence-electron chi connectivity index (χ3n) is 2.87. The van der Waals surface area contributed by atoms with Crippen LogP contribution in [0.5, 0.6) is 0 Å². The fourth-order valence-electron chi connectivity index (χ4n) is 2.12. The van der Waals surface area contributed by atoms with Crippen molar-refractivity contribution < 1.29 is 0 Å². The van der Waals surface area contributed by atoms with E-state index >= 15 is 0 Å². The highest BCUT2D eigenvalue weighted by Gasteiger charge is 2.12. The fraction of sp³-hybridized carbons (Fsp3) is 0.250. The number of hydrogen-bond acceptors (Lipinski definition) is 2. The largest absolute Gasteiger partial charge is 0.225 e. The number of aromatic nitrogens is 1. The molecule has 0 saturated carbocycles. The predicted octanol–water partition coefficient (Wildman–Crippen LogP) is 3.95. The molecule has 0 spiro atoms. The minimum atomic E-state index is 0.616. The molecule has 0 saturated heterocycles. The Kier molecular flexibility index (Phi) is 2.26. The second-order valence-corrected chi connectivity index (χ2v) is 5.26. The number of nitrogens with zero attached hydrogens (tertiary/aromatic N) is 1. The van der Waals surface area contributed by atoms with E-state index < -0.39 is 0 Å². The van der Waals surface area contributed by atoms with Crippen LogP contribution in [0.15, 0.2) is 23.6 Å². The monoisotopic (exact) mass is 235 g/mol. The van der Waals surface area contributed by atoms with Gasteiger partial charge < -0.3 is 0 Å². The number of rotatable bonds is 1. The maximum Gasteiger partial charge on any atom is 0.184 e. The molecule has 76 valence electrons. The molecule has 1 aromatic heterocycles. The van der Waals surface area contributed by atoms with Crippen LogP contribution in [0.3, 0.4) is 0 Å². The van der Waals surface area contributed by atoms with Gasteiger partial charge in [0.1, 0.15) is 0 Å². The molecule has 0 atom stereocenters. The van der Waals surface area contributed by atoms with Gasteiger partial charge in [-0.2, -0.15) is 0 Å². The van der Waals surface area contributed by atoms with Crippen molar-refractivity contribution in [2.75, 3.05) is 0 Å². The molecule has 0 bridgehead atoms. The predicted molar refractivity (Wildman–Crippen MR) is 64.6 cm³/mol. The van der Waals surface area contributed by atoms with Gasteiger partial charge in [-0.3, -0.25) is 0 Å². The quantitative estimate of drug-likeness (QED) is 0.729. The van der Waals surface area contributed by atoms with E-state index in [4.69, 9.17) is 11.6 Å². The SMILES string of the molecule is Clc1nc(-c2ccc3c(c2)CCC3)cs1. The van der Waals surface area contributed by atoms with E-state index in [2.05, 4.69) is 23.2 Å². The third kappa shape index (κ3) is 1.68. The second-order valence-electron chi connectivity index (χ2n) is 3.82. The lowest BCUT2D eigenvalue weighted by atomic mass is 10.1. The van der Waals surface area contributed by atoms with Crippen molar-refractivity contribution in [1.82, 2.24) is 4.98 Å². The molecule has 1 heterocycles. The Labute approximate surface area is 97.7 Å². The maximum absolute atomic E-state index is 5.83. The van der Waals surface area contributed by atoms with Gasteiger partial charge in [0.05, 0.1) is 5.69 Å². The van der Waals surface area contributed by atoms with Gasteiger partial charge in [0.25, 0.3) is 0 Å². The summed E-state index contributed by atoms with van der Waals surface area (Å²) in [5.74, 6) is 0. The van der Waals surface area contributed by atoms with E-state index in [1.165, 1.54) is 47.3 Å². The molecule has 0 aliphatic heterocycles. The number of thiazole rings is 1. The first-order valence-electron chi connectivity index (χ1n) is 5.06. The lowest BCUT2D eigenvalue weighted by Crippen LogP contribution is -1.84. The van der Waals surface area contributed by atoms with E-state index in [9.17, 15) is 0 Å². The number of fused-ring (bicyclic) bond motifs is 1. The molecular formula is C12H10ClNS. The highest BCUT2D eigenvalue weighted by Crippen LogP contribution is 2.29. The standard InChI is InChI=1S/C12H10ClNS/c13-12-14-11(7-15-12)10-5-4-8-2-1-3-9(8)6-10/h4-7H,1-3H2. The first-order chi connectivity index (χ1) is 7.33. The summed E-state index contributed by atoms with van der Waals surface area (Å²) in [5, 5.41) is 2.01. The number of halogens is 1. The average molecular weight is 236 g/mol. The van der Waals surface area contributed by atoms with Crippen molar-refractivity contribution in [3.8, 4) is 11.3 Å². The summed E-state index contributed by atoms with van der Waals surface area (Å²) in [5.41, 5.74) is 5.18. The Hall–Kier alpha value is -0.860. The molecule has 0 radical (unpaired) electrons. The van der Waals surface area contributed by atoms with Gasteiger partial charge in [0, 0.05) is 10.9 Å². The van der Waals surface area contributed by atoms with E-state index in [-0.39, 0.29) is 0 Å². The van der Waals surface area contributed by atoms with Crippen molar-refractivity contribution in [1.29, 1.82) is 0 Å². The Morgan fingerprint density at radius 2 is 2.07 bits per heavy atom. The summed E-state index contributed by atoms with van der Waals surface area (Å²) in [6.45, 7) is 0. The van der Waals surface area contributed by atoms with Crippen molar-refractivity contribution in [2.24, 2.45) is 0 Å². The van der Waals surface area contributed by atoms with Gasteiger partial charge in [0.15, 0.2) is 4.47 Å². The normalized spacial score (nSPS) is 14.2. The molecule has 3 rings (SSSR count). The molecule has 1 aromatic carbocycles. The molecule has 0 unspecified atom stereocenters. The molecule has 0 fully saturated rings. The zero-order valence-electron chi connectivity index (χ0n) is 8.16. The fourth-order valence-corrected chi connectivity index (χ4v) is 2.89. The van der Waals surface area contributed by atoms with Crippen LogP contribution in [0.25, 0.3) is 11.3 Å². The zero-order valence-corrected chi connectivity index (χ0v) is 9.74. The summed E-state index contributed by atoms with van der Waals surface area (Å²) in [4.78, 5) is 4.29. The van der Waals surface area contributed by atoms with E-state index in [1.807, 2.05) is 5.38 Å². The molecule has 15 heavy (non-hydrogen) atoms. The van der Waals surface area contributed by atoms with Crippen molar-refractivity contribution >= 4 is 22.9 Å². The molecular weight excluding hydrogens is 226 g/mol. The Morgan fingerprint density at radius 3 is 2.87 bits per heavy atom. The van der Waals surface area contributed by atoms with Crippen LogP contribution >= 0.6 is 22.9 Å². The van der Waals surface area contributed by atoms with Gasteiger partial charge in [-0.1, -0.05) is 23.7 Å². The van der Waals surface area contributed by atoms with Crippen LogP contribution in [0.2, 0.25) is 4.47 Å². The lowest BCUT2D eigenvalue weighted by Gasteiger charge is -2.01. The molecule has 1 nitrogen and oxygen atoms in total. The number of benzene rings is 1. The summed E-state index contributed by atoms with van der Waals surface area (Å²) in [7, 11) is 0. The second kappa shape index (κ2) is 3.62. The van der Waals surface area contributed by atoms with Crippen LogP contribution in [-0.4, -0.2) is 4.98 Å². The van der Waals surface area contributed by atoms with Crippen LogP contribution in [0.1, 0.15) is 17.5 Å². The molecule has 1 aliphatic rings. The average Bonchev–Trinajstić information content (AvgIpc) is 2.84. The van der Waals surface area contributed by atoms with E-state index in [0.717, 1.165) is 5.69 Å². The van der Waals surface area contributed by atoms with Crippen LogP contribution in [-0.2, 0) is 12.8 Å². The third-order valence-corrected chi connectivity index (χ3v) is 3.85. The minimum Gasteiger partial charge on any atom is -0.225 e. The highest BCUT2D eigenvalue weighted by molar-refractivity contribution is 7.14. The maximum atomic E-state index is 5.83. The summed E-state index contributed by atoms with van der Waals surface area (Å²) in [6, 6.07) is 6.63. The molecule has 3 heteroatoms. The smallest absolute Gasteiger partial charge is 0.184 e. The topological polar surface area (TPSA) is 12.9 Å².